The molecular weight excluding hydrogens is 347 g/mol. The topological polar surface area (TPSA) is 42.7 Å². The van der Waals surface area contributed by atoms with Gasteiger partial charge in [-0.25, -0.2) is 4.68 Å². The van der Waals surface area contributed by atoms with Crippen molar-refractivity contribution >= 4 is 50.5 Å². The molecule has 4 nitrogen and oxygen atoms in total. The number of hydrogen-bond donors (Lipinski definition) is 1. The van der Waals surface area contributed by atoms with Crippen molar-refractivity contribution in [3.8, 4) is 0 Å². The highest BCUT2D eigenvalue weighted by molar-refractivity contribution is 9.10. The number of hydrogen-bond acceptors (Lipinski definition) is 4. The predicted octanol–water partition coefficient (Wildman–Crippen LogP) is 3.25. The normalized spacial score (nSPS) is 13.0. The smallest absolute Gasteiger partial charge is 0.153 e. The monoisotopic (exact) mass is 354 g/mol. The Kier molecular flexibility index (Phi) is 4.10. The molecule has 0 aliphatic heterocycles. The molecule has 8 heteroatoms. The van der Waals surface area contributed by atoms with Crippen molar-refractivity contribution in [1.82, 2.24) is 20.3 Å². The molecule has 0 aliphatic rings. The molecule has 0 aliphatic carbocycles. The fourth-order valence-electron chi connectivity index (χ4n) is 1.63. The molecule has 0 fully saturated rings. The standard InChI is InChI=1S/C9H9BrCl2N4S/c1-13-6(4-3-5(11)17-9(4)12)7-8(10)14-15-16(7)2/h3,6,13H,1-2H3. The number of aryl methyl sites for hydroxylation is 1. The Bertz CT molecular complexity index is 520. The molecule has 0 radical (unpaired) electrons. The molecule has 0 bridgehead atoms. The number of nitrogens with zero attached hydrogens (tertiary/aromatic N) is 3. The summed E-state index contributed by atoms with van der Waals surface area (Å²) < 4.78 is 3.73. The summed E-state index contributed by atoms with van der Waals surface area (Å²) in [4.78, 5) is 0. The molecule has 2 aromatic heterocycles. The van der Waals surface area contributed by atoms with Gasteiger partial charge in [0, 0.05) is 12.6 Å². The van der Waals surface area contributed by atoms with Crippen LogP contribution in [0.2, 0.25) is 8.67 Å². The Morgan fingerprint density at radius 3 is 2.65 bits per heavy atom. The Morgan fingerprint density at radius 1 is 1.53 bits per heavy atom. The summed E-state index contributed by atoms with van der Waals surface area (Å²) >= 11 is 16.9. The second kappa shape index (κ2) is 5.24. The zero-order valence-corrected chi connectivity index (χ0v) is 13.0. The molecule has 1 unspecified atom stereocenters. The first-order chi connectivity index (χ1) is 8.04. The van der Waals surface area contributed by atoms with Gasteiger partial charge in [0.15, 0.2) is 4.60 Å². The lowest BCUT2D eigenvalue weighted by atomic mass is 10.1. The molecule has 2 heterocycles. The average molecular weight is 356 g/mol. The predicted molar refractivity (Wildman–Crippen MR) is 73.9 cm³/mol. The Balaban J connectivity index is 2.51. The summed E-state index contributed by atoms with van der Waals surface area (Å²) in [5, 5.41) is 11.1. The fourth-order valence-corrected chi connectivity index (χ4v) is 3.72. The van der Waals surface area contributed by atoms with Gasteiger partial charge in [0.2, 0.25) is 0 Å². The summed E-state index contributed by atoms with van der Waals surface area (Å²) in [7, 11) is 3.69. The van der Waals surface area contributed by atoms with Gasteiger partial charge in [-0.3, -0.25) is 0 Å². The van der Waals surface area contributed by atoms with Gasteiger partial charge in [-0.2, -0.15) is 0 Å². The van der Waals surface area contributed by atoms with Crippen LogP contribution in [0.5, 0.6) is 0 Å². The molecule has 0 saturated heterocycles. The van der Waals surface area contributed by atoms with E-state index >= 15 is 0 Å². The van der Waals surface area contributed by atoms with E-state index in [-0.39, 0.29) is 6.04 Å². The third-order valence-electron chi connectivity index (χ3n) is 2.38. The molecular formula is C9H9BrCl2N4S. The number of aromatic nitrogens is 3. The first kappa shape index (κ1) is 13.3. The van der Waals surface area contributed by atoms with Crippen LogP contribution in [-0.4, -0.2) is 22.0 Å². The molecule has 2 aromatic rings. The Morgan fingerprint density at radius 2 is 2.24 bits per heavy atom. The van der Waals surface area contributed by atoms with E-state index in [0.29, 0.717) is 13.3 Å². The summed E-state index contributed by atoms with van der Waals surface area (Å²) in [5.74, 6) is 0. The third-order valence-corrected chi connectivity index (χ3v) is 4.47. The van der Waals surface area contributed by atoms with Crippen molar-refractivity contribution in [3.05, 3.63) is 30.6 Å². The molecule has 2 rings (SSSR count). The summed E-state index contributed by atoms with van der Waals surface area (Å²) in [5.41, 5.74) is 1.83. The van der Waals surface area contributed by atoms with Crippen LogP contribution < -0.4 is 5.32 Å². The SMILES string of the molecule is CNC(c1cc(Cl)sc1Cl)c1c(Br)nnn1C. The van der Waals surface area contributed by atoms with Crippen LogP contribution in [0.3, 0.4) is 0 Å². The second-order valence-electron chi connectivity index (χ2n) is 3.39. The second-order valence-corrected chi connectivity index (χ2v) is 6.43. The van der Waals surface area contributed by atoms with Crippen LogP contribution in [0.25, 0.3) is 0 Å². The zero-order valence-electron chi connectivity index (χ0n) is 9.04. The van der Waals surface area contributed by atoms with Crippen LogP contribution in [0, 0.1) is 0 Å². The minimum absolute atomic E-state index is 0.0966. The van der Waals surface area contributed by atoms with E-state index in [9.17, 15) is 0 Å². The lowest BCUT2D eigenvalue weighted by molar-refractivity contribution is 0.598. The van der Waals surface area contributed by atoms with Crippen LogP contribution in [0.1, 0.15) is 17.3 Å². The van der Waals surface area contributed by atoms with Crippen molar-refractivity contribution in [1.29, 1.82) is 0 Å². The number of halogens is 3. The van der Waals surface area contributed by atoms with E-state index in [0.717, 1.165) is 11.3 Å². The van der Waals surface area contributed by atoms with Gasteiger partial charge in [0.05, 0.1) is 20.4 Å². The van der Waals surface area contributed by atoms with Crippen LogP contribution >= 0.6 is 50.5 Å². The quantitative estimate of drug-likeness (QED) is 0.918. The molecule has 0 spiro atoms. The van der Waals surface area contributed by atoms with Crippen LogP contribution in [0.4, 0.5) is 0 Å². The van der Waals surface area contributed by atoms with Gasteiger partial charge in [0.1, 0.15) is 0 Å². The van der Waals surface area contributed by atoms with Crippen molar-refractivity contribution in [2.75, 3.05) is 7.05 Å². The maximum absolute atomic E-state index is 6.17. The number of thiophene rings is 1. The molecule has 0 amide bonds. The first-order valence-corrected chi connectivity index (χ1v) is 7.08. The molecule has 1 atom stereocenters. The number of nitrogens with one attached hydrogen (secondary N) is 1. The summed E-state index contributed by atoms with van der Waals surface area (Å²) in [6, 6.07) is 1.76. The third kappa shape index (κ3) is 2.51. The van der Waals surface area contributed by atoms with Gasteiger partial charge in [-0.05, 0) is 29.0 Å². The molecule has 1 N–H and O–H groups in total. The van der Waals surface area contributed by atoms with Gasteiger partial charge < -0.3 is 5.32 Å². The summed E-state index contributed by atoms with van der Waals surface area (Å²) in [6.45, 7) is 0. The highest BCUT2D eigenvalue weighted by Crippen LogP contribution is 2.38. The van der Waals surface area contributed by atoms with Crippen LogP contribution in [0.15, 0.2) is 10.7 Å². The van der Waals surface area contributed by atoms with E-state index in [1.165, 1.54) is 11.3 Å². The fraction of sp³-hybridized carbons (Fsp3) is 0.333. The summed E-state index contributed by atoms with van der Waals surface area (Å²) in [6.07, 6.45) is 0. The lowest BCUT2D eigenvalue weighted by Gasteiger charge is -2.15. The van der Waals surface area contributed by atoms with Gasteiger partial charge >= 0.3 is 0 Å². The van der Waals surface area contributed by atoms with E-state index in [4.69, 9.17) is 23.2 Å². The average Bonchev–Trinajstić information content (AvgIpc) is 2.76. The molecule has 0 saturated carbocycles. The van der Waals surface area contributed by atoms with Crippen molar-refractivity contribution in [3.63, 3.8) is 0 Å². The van der Waals surface area contributed by atoms with Gasteiger partial charge in [-0.15, -0.1) is 16.4 Å². The van der Waals surface area contributed by atoms with Crippen molar-refractivity contribution < 1.29 is 0 Å². The van der Waals surface area contributed by atoms with Crippen molar-refractivity contribution in [2.24, 2.45) is 7.05 Å². The molecule has 17 heavy (non-hydrogen) atoms. The lowest BCUT2D eigenvalue weighted by Crippen LogP contribution is -2.20. The maximum Gasteiger partial charge on any atom is 0.153 e. The zero-order chi connectivity index (χ0) is 12.6. The molecule has 92 valence electrons. The van der Waals surface area contributed by atoms with E-state index < -0.39 is 0 Å². The Hall–Kier alpha value is -0.140. The van der Waals surface area contributed by atoms with Crippen molar-refractivity contribution in [2.45, 2.75) is 6.04 Å². The highest BCUT2D eigenvalue weighted by atomic mass is 79.9. The minimum Gasteiger partial charge on any atom is -0.308 e. The minimum atomic E-state index is -0.0966. The molecule has 0 aromatic carbocycles. The van der Waals surface area contributed by atoms with E-state index in [1.807, 2.05) is 20.2 Å². The van der Waals surface area contributed by atoms with E-state index in [1.54, 1.807) is 4.68 Å². The largest absolute Gasteiger partial charge is 0.308 e. The van der Waals surface area contributed by atoms with E-state index in [2.05, 4.69) is 31.6 Å². The number of rotatable bonds is 3. The van der Waals surface area contributed by atoms with Gasteiger partial charge in [-0.1, -0.05) is 28.4 Å². The highest BCUT2D eigenvalue weighted by Gasteiger charge is 2.24. The first-order valence-electron chi connectivity index (χ1n) is 4.71. The maximum atomic E-state index is 6.17. The Labute approximate surface area is 121 Å². The van der Waals surface area contributed by atoms with Gasteiger partial charge in [0.25, 0.3) is 0 Å². The van der Waals surface area contributed by atoms with Crippen LogP contribution in [-0.2, 0) is 7.05 Å².